The zero-order valence-electron chi connectivity index (χ0n) is 13.4. The van der Waals surface area contributed by atoms with E-state index in [1.807, 2.05) is 11.8 Å². The Hall–Kier alpha value is -0.810. The van der Waals surface area contributed by atoms with Gasteiger partial charge in [-0.3, -0.25) is 0 Å². The van der Waals surface area contributed by atoms with Gasteiger partial charge in [-0.15, -0.1) is 23.1 Å². The van der Waals surface area contributed by atoms with E-state index in [0.29, 0.717) is 0 Å². The molecule has 0 aliphatic heterocycles. The second kappa shape index (κ2) is 7.99. The van der Waals surface area contributed by atoms with Crippen LogP contribution in [0.3, 0.4) is 0 Å². The molecule has 1 unspecified atom stereocenters. The summed E-state index contributed by atoms with van der Waals surface area (Å²) in [5.74, 6) is 2.62. The Morgan fingerprint density at radius 2 is 2.10 bits per heavy atom. The van der Waals surface area contributed by atoms with E-state index in [-0.39, 0.29) is 0 Å². The smallest absolute Gasteiger partial charge is 0.225 e. The molecule has 0 spiro atoms. The van der Waals surface area contributed by atoms with Crippen LogP contribution in [0.2, 0.25) is 0 Å². The normalized spacial score (nSPS) is 12.8. The molecule has 0 aromatic carbocycles. The molecule has 0 radical (unpaired) electrons. The predicted molar refractivity (Wildman–Crippen MR) is 95.8 cm³/mol. The summed E-state index contributed by atoms with van der Waals surface area (Å²) in [4.78, 5) is 11.9. The van der Waals surface area contributed by atoms with Crippen LogP contribution in [0.1, 0.15) is 45.4 Å². The molecule has 0 saturated carbocycles. The third-order valence-electron chi connectivity index (χ3n) is 3.49. The first-order valence-electron chi connectivity index (χ1n) is 7.85. The largest absolute Gasteiger partial charge is 0.354 e. The summed E-state index contributed by atoms with van der Waals surface area (Å²) in [7, 11) is 0. The highest BCUT2D eigenvalue weighted by atomic mass is 32.2. The number of thiophene rings is 1. The number of aromatic nitrogens is 2. The summed E-state index contributed by atoms with van der Waals surface area (Å²) in [5, 5.41) is 5.69. The van der Waals surface area contributed by atoms with Gasteiger partial charge in [0.15, 0.2) is 0 Å². The number of thioether (sulfide) groups is 1. The number of aryl methyl sites for hydroxylation is 1. The van der Waals surface area contributed by atoms with Crippen LogP contribution in [0, 0.1) is 5.92 Å². The summed E-state index contributed by atoms with van der Waals surface area (Å²) >= 11 is 3.66. The number of hydrogen-bond acceptors (Lipinski definition) is 5. The van der Waals surface area contributed by atoms with E-state index in [0.717, 1.165) is 46.9 Å². The quantitative estimate of drug-likeness (QED) is 0.534. The molecule has 2 aromatic rings. The van der Waals surface area contributed by atoms with Crippen molar-refractivity contribution in [3.05, 3.63) is 10.9 Å². The minimum absolute atomic E-state index is 0.719. The van der Waals surface area contributed by atoms with Crippen molar-refractivity contribution in [1.82, 2.24) is 9.97 Å². The molecule has 2 rings (SSSR count). The maximum absolute atomic E-state index is 4.74. The molecule has 1 atom stereocenters. The van der Waals surface area contributed by atoms with Crippen LogP contribution in [-0.2, 0) is 6.42 Å². The number of rotatable bonds is 8. The average molecular weight is 324 g/mol. The lowest BCUT2D eigenvalue weighted by Crippen LogP contribution is -2.05. The SMILES string of the molecule is CCCNc1nc(SCC(C)CC)c2cc(CC)sc2n1. The molecule has 2 aromatic heterocycles. The summed E-state index contributed by atoms with van der Waals surface area (Å²) in [5.41, 5.74) is 0. The van der Waals surface area contributed by atoms with Crippen LogP contribution >= 0.6 is 23.1 Å². The van der Waals surface area contributed by atoms with Gasteiger partial charge in [-0.25, -0.2) is 9.97 Å². The Bertz CT molecular complexity index is 580. The molecular weight excluding hydrogens is 298 g/mol. The monoisotopic (exact) mass is 323 g/mol. The van der Waals surface area contributed by atoms with Gasteiger partial charge in [0.05, 0.1) is 0 Å². The average Bonchev–Trinajstić information content (AvgIpc) is 2.93. The molecule has 116 valence electrons. The van der Waals surface area contributed by atoms with E-state index >= 15 is 0 Å². The van der Waals surface area contributed by atoms with Gasteiger partial charge in [-0.05, 0) is 24.8 Å². The molecule has 0 fully saturated rings. The summed E-state index contributed by atoms with van der Waals surface area (Å²) in [6.07, 6.45) is 3.36. The van der Waals surface area contributed by atoms with Crippen molar-refractivity contribution in [1.29, 1.82) is 0 Å². The van der Waals surface area contributed by atoms with Crippen LogP contribution in [-0.4, -0.2) is 22.3 Å². The van der Waals surface area contributed by atoms with Crippen molar-refractivity contribution in [2.45, 2.75) is 52.0 Å². The van der Waals surface area contributed by atoms with Gasteiger partial charge >= 0.3 is 0 Å². The molecule has 1 N–H and O–H groups in total. The highest BCUT2D eigenvalue weighted by molar-refractivity contribution is 7.99. The van der Waals surface area contributed by atoms with Crippen molar-refractivity contribution in [2.24, 2.45) is 5.92 Å². The Balaban J connectivity index is 2.31. The second-order valence-corrected chi connectivity index (χ2v) is 7.51. The number of fused-ring (bicyclic) bond motifs is 1. The number of nitrogens with one attached hydrogen (secondary N) is 1. The third kappa shape index (κ3) is 4.33. The molecule has 21 heavy (non-hydrogen) atoms. The van der Waals surface area contributed by atoms with Gasteiger partial charge in [0.1, 0.15) is 9.86 Å². The van der Waals surface area contributed by atoms with Crippen molar-refractivity contribution in [3.63, 3.8) is 0 Å². The molecule has 3 nitrogen and oxygen atoms in total. The van der Waals surface area contributed by atoms with Gasteiger partial charge in [0.2, 0.25) is 5.95 Å². The summed E-state index contributed by atoms with van der Waals surface area (Å²) in [6.45, 7) is 9.82. The van der Waals surface area contributed by atoms with Gasteiger partial charge < -0.3 is 5.32 Å². The predicted octanol–water partition coefficient (Wildman–Crippen LogP) is 5.21. The van der Waals surface area contributed by atoms with Gasteiger partial charge in [-0.2, -0.15) is 0 Å². The summed E-state index contributed by atoms with van der Waals surface area (Å²) in [6, 6.07) is 2.27. The Labute approximate surface area is 136 Å². The van der Waals surface area contributed by atoms with Crippen LogP contribution in [0.15, 0.2) is 11.1 Å². The second-order valence-electron chi connectivity index (χ2n) is 5.39. The third-order valence-corrected chi connectivity index (χ3v) is 5.99. The van der Waals surface area contributed by atoms with Crippen LogP contribution in [0.25, 0.3) is 10.2 Å². The van der Waals surface area contributed by atoms with E-state index in [9.17, 15) is 0 Å². The molecule has 2 heterocycles. The number of nitrogens with zero attached hydrogens (tertiary/aromatic N) is 2. The fourth-order valence-corrected chi connectivity index (χ4v) is 4.06. The highest BCUT2D eigenvalue weighted by Crippen LogP contribution is 2.33. The Kier molecular flexibility index (Phi) is 6.30. The lowest BCUT2D eigenvalue weighted by molar-refractivity contribution is 0.636. The van der Waals surface area contributed by atoms with E-state index in [1.165, 1.54) is 16.7 Å². The lowest BCUT2D eigenvalue weighted by Gasteiger charge is -2.09. The highest BCUT2D eigenvalue weighted by Gasteiger charge is 2.12. The zero-order chi connectivity index (χ0) is 15.2. The minimum atomic E-state index is 0.719. The van der Waals surface area contributed by atoms with Crippen molar-refractivity contribution >= 4 is 39.3 Å². The van der Waals surface area contributed by atoms with Crippen molar-refractivity contribution in [2.75, 3.05) is 17.6 Å². The Morgan fingerprint density at radius 3 is 2.76 bits per heavy atom. The fraction of sp³-hybridized carbons (Fsp3) is 0.625. The van der Waals surface area contributed by atoms with Crippen LogP contribution < -0.4 is 5.32 Å². The molecule has 0 amide bonds. The first kappa shape index (κ1) is 16.6. The maximum Gasteiger partial charge on any atom is 0.225 e. The first-order chi connectivity index (χ1) is 10.2. The van der Waals surface area contributed by atoms with Gasteiger partial charge in [0.25, 0.3) is 0 Å². The van der Waals surface area contributed by atoms with E-state index in [4.69, 9.17) is 4.98 Å². The van der Waals surface area contributed by atoms with Crippen LogP contribution in [0.5, 0.6) is 0 Å². The lowest BCUT2D eigenvalue weighted by atomic mass is 10.2. The topological polar surface area (TPSA) is 37.8 Å². The molecule has 0 bridgehead atoms. The molecule has 0 saturated heterocycles. The fourth-order valence-electron chi connectivity index (χ4n) is 1.88. The molecular formula is C16H25N3S2. The molecule has 0 aliphatic carbocycles. The van der Waals surface area contributed by atoms with Gasteiger partial charge in [-0.1, -0.05) is 34.1 Å². The van der Waals surface area contributed by atoms with E-state index < -0.39 is 0 Å². The first-order valence-corrected chi connectivity index (χ1v) is 9.65. The molecule has 0 aliphatic rings. The van der Waals surface area contributed by atoms with Gasteiger partial charge in [0, 0.05) is 22.6 Å². The zero-order valence-corrected chi connectivity index (χ0v) is 15.0. The number of anilines is 1. The van der Waals surface area contributed by atoms with E-state index in [1.54, 1.807) is 11.3 Å². The van der Waals surface area contributed by atoms with Crippen molar-refractivity contribution < 1.29 is 0 Å². The summed E-state index contributed by atoms with van der Waals surface area (Å²) < 4.78 is 0. The Morgan fingerprint density at radius 1 is 1.29 bits per heavy atom. The standard InChI is InChI=1S/C16H25N3S2/c1-5-8-17-16-18-14(20-10-11(4)6-2)13-9-12(7-3)21-15(13)19-16/h9,11H,5-8,10H2,1-4H3,(H,17,18,19). The minimum Gasteiger partial charge on any atom is -0.354 e. The molecule has 5 heteroatoms. The van der Waals surface area contributed by atoms with Crippen LogP contribution in [0.4, 0.5) is 5.95 Å². The van der Waals surface area contributed by atoms with Crippen molar-refractivity contribution in [3.8, 4) is 0 Å². The maximum atomic E-state index is 4.74. The van der Waals surface area contributed by atoms with E-state index in [2.05, 4.69) is 44.1 Å². The number of hydrogen-bond donors (Lipinski definition) is 1.